The van der Waals surface area contributed by atoms with Crippen LogP contribution in [0.4, 0.5) is 15.8 Å². The van der Waals surface area contributed by atoms with Crippen LogP contribution >= 0.6 is 23.2 Å². The fourth-order valence-corrected chi connectivity index (χ4v) is 2.11. The average Bonchev–Trinajstić information content (AvgIpc) is 2.38. The number of hydrogen-bond acceptors (Lipinski definition) is 2. The van der Waals surface area contributed by atoms with Crippen molar-refractivity contribution in [3.05, 3.63) is 58.3 Å². The van der Waals surface area contributed by atoms with Gasteiger partial charge in [0.05, 0.1) is 16.4 Å². The summed E-state index contributed by atoms with van der Waals surface area (Å²) in [6, 6.07) is 11.8. The van der Waals surface area contributed by atoms with E-state index in [9.17, 15) is 4.39 Å². The summed E-state index contributed by atoms with van der Waals surface area (Å²) in [5, 5.41) is 7.33. The second kappa shape index (κ2) is 6.64. The van der Waals surface area contributed by atoms with Crippen molar-refractivity contribution in [3.8, 4) is 0 Å². The molecule has 2 N–H and O–H groups in total. The molecule has 0 radical (unpaired) electrons. The maximum Gasteiger partial charge on any atom is 0.146 e. The highest BCUT2D eigenvalue weighted by Gasteiger charge is 2.01. The molecule has 0 saturated carbocycles. The molecule has 2 aromatic carbocycles. The zero-order valence-electron chi connectivity index (χ0n) is 10.1. The minimum Gasteiger partial charge on any atom is -0.382 e. The molecule has 5 heteroatoms. The zero-order valence-corrected chi connectivity index (χ0v) is 11.6. The van der Waals surface area contributed by atoms with Crippen molar-refractivity contribution in [1.82, 2.24) is 0 Å². The van der Waals surface area contributed by atoms with Gasteiger partial charge in [-0.3, -0.25) is 0 Å². The fraction of sp³-hybridized carbons (Fsp3) is 0.143. The standard InChI is InChI=1S/C14H13Cl2FN2/c15-10-5-6-13(11(16)9-10)18-7-8-19-14-4-2-1-3-12(14)17/h1-6,9,18-19H,7-8H2. The molecule has 0 aromatic heterocycles. The Morgan fingerprint density at radius 1 is 0.895 bits per heavy atom. The number of rotatable bonds is 5. The first-order valence-electron chi connectivity index (χ1n) is 5.84. The topological polar surface area (TPSA) is 24.1 Å². The van der Waals surface area contributed by atoms with Gasteiger partial charge in [-0.2, -0.15) is 0 Å². The molecule has 0 aliphatic heterocycles. The Labute approximate surface area is 121 Å². The second-order valence-corrected chi connectivity index (χ2v) is 4.80. The maximum atomic E-state index is 13.3. The van der Waals surface area contributed by atoms with Crippen LogP contribution in [0.5, 0.6) is 0 Å². The molecule has 100 valence electrons. The van der Waals surface area contributed by atoms with Gasteiger partial charge in [-0.15, -0.1) is 0 Å². The van der Waals surface area contributed by atoms with E-state index in [1.54, 1.807) is 30.3 Å². The average molecular weight is 299 g/mol. The molecule has 0 aliphatic rings. The molecule has 0 atom stereocenters. The number of nitrogens with one attached hydrogen (secondary N) is 2. The summed E-state index contributed by atoms with van der Waals surface area (Å²) < 4.78 is 13.3. The lowest BCUT2D eigenvalue weighted by atomic mass is 10.3. The van der Waals surface area contributed by atoms with Crippen LogP contribution in [-0.2, 0) is 0 Å². The van der Waals surface area contributed by atoms with E-state index in [0.29, 0.717) is 28.8 Å². The Morgan fingerprint density at radius 2 is 1.58 bits per heavy atom. The van der Waals surface area contributed by atoms with E-state index in [4.69, 9.17) is 23.2 Å². The van der Waals surface area contributed by atoms with Gasteiger partial charge in [0.25, 0.3) is 0 Å². The summed E-state index contributed by atoms with van der Waals surface area (Å²) in [6.45, 7) is 1.20. The highest BCUT2D eigenvalue weighted by molar-refractivity contribution is 6.36. The lowest BCUT2D eigenvalue weighted by Crippen LogP contribution is -2.14. The fourth-order valence-electron chi connectivity index (χ4n) is 1.63. The molecule has 0 aliphatic carbocycles. The molecular weight excluding hydrogens is 286 g/mol. The molecule has 0 amide bonds. The highest BCUT2D eigenvalue weighted by atomic mass is 35.5. The van der Waals surface area contributed by atoms with Crippen LogP contribution in [0.3, 0.4) is 0 Å². The molecule has 0 unspecified atom stereocenters. The van der Waals surface area contributed by atoms with Crippen LogP contribution in [0, 0.1) is 5.82 Å². The van der Waals surface area contributed by atoms with Crippen molar-refractivity contribution in [3.63, 3.8) is 0 Å². The van der Waals surface area contributed by atoms with E-state index in [2.05, 4.69) is 10.6 Å². The lowest BCUT2D eigenvalue weighted by molar-refractivity contribution is 0.630. The van der Waals surface area contributed by atoms with Crippen molar-refractivity contribution in [2.75, 3.05) is 23.7 Å². The minimum absolute atomic E-state index is 0.257. The Balaban J connectivity index is 1.83. The van der Waals surface area contributed by atoms with Gasteiger partial charge in [-0.1, -0.05) is 35.3 Å². The van der Waals surface area contributed by atoms with Crippen molar-refractivity contribution in [1.29, 1.82) is 0 Å². The van der Waals surface area contributed by atoms with E-state index >= 15 is 0 Å². The predicted octanol–water partition coefficient (Wildman–Crippen LogP) is 4.66. The summed E-state index contributed by atoms with van der Waals surface area (Å²) in [7, 11) is 0. The van der Waals surface area contributed by atoms with Crippen molar-refractivity contribution in [2.45, 2.75) is 0 Å². The van der Waals surface area contributed by atoms with E-state index in [0.717, 1.165) is 5.69 Å². The van der Waals surface area contributed by atoms with Gasteiger partial charge in [0.1, 0.15) is 5.82 Å². The highest BCUT2D eigenvalue weighted by Crippen LogP contribution is 2.25. The Hall–Kier alpha value is -1.45. The third kappa shape index (κ3) is 4.01. The second-order valence-electron chi connectivity index (χ2n) is 3.96. The summed E-state index contributed by atoms with van der Waals surface area (Å²) in [5.41, 5.74) is 1.30. The molecular formula is C14H13Cl2FN2. The van der Waals surface area contributed by atoms with E-state index < -0.39 is 0 Å². The van der Waals surface area contributed by atoms with Crippen LogP contribution in [0.1, 0.15) is 0 Å². The van der Waals surface area contributed by atoms with Gasteiger partial charge in [-0.05, 0) is 30.3 Å². The first-order valence-corrected chi connectivity index (χ1v) is 6.60. The molecule has 0 bridgehead atoms. The monoisotopic (exact) mass is 298 g/mol. The van der Waals surface area contributed by atoms with Crippen LogP contribution in [0.2, 0.25) is 10.0 Å². The predicted molar refractivity (Wildman–Crippen MR) is 79.8 cm³/mol. The number of benzene rings is 2. The van der Waals surface area contributed by atoms with E-state index in [1.807, 2.05) is 6.07 Å². The van der Waals surface area contributed by atoms with Gasteiger partial charge in [-0.25, -0.2) is 4.39 Å². The van der Waals surface area contributed by atoms with Crippen molar-refractivity contribution < 1.29 is 4.39 Å². The van der Waals surface area contributed by atoms with Gasteiger partial charge >= 0.3 is 0 Å². The third-order valence-corrected chi connectivity index (χ3v) is 3.11. The molecule has 2 nitrogen and oxygen atoms in total. The van der Waals surface area contributed by atoms with E-state index in [1.165, 1.54) is 6.07 Å². The third-order valence-electron chi connectivity index (χ3n) is 2.56. The largest absolute Gasteiger partial charge is 0.382 e. The van der Waals surface area contributed by atoms with Gasteiger partial charge in [0.2, 0.25) is 0 Å². The van der Waals surface area contributed by atoms with Crippen LogP contribution in [0.15, 0.2) is 42.5 Å². The molecule has 2 aromatic rings. The lowest BCUT2D eigenvalue weighted by Gasteiger charge is -2.10. The maximum absolute atomic E-state index is 13.3. The van der Waals surface area contributed by atoms with Crippen LogP contribution in [0.25, 0.3) is 0 Å². The van der Waals surface area contributed by atoms with Crippen LogP contribution in [-0.4, -0.2) is 13.1 Å². The first-order chi connectivity index (χ1) is 9.16. The van der Waals surface area contributed by atoms with Crippen molar-refractivity contribution >= 4 is 34.6 Å². The van der Waals surface area contributed by atoms with Gasteiger partial charge < -0.3 is 10.6 Å². The molecule has 19 heavy (non-hydrogen) atoms. The first kappa shape index (κ1) is 14.0. The molecule has 2 rings (SSSR count). The number of hydrogen-bond donors (Lipinski definition) is 2. The summed E-state index contributed by atoms with van der Waals surface area (Å²) in [4.78, 5) is 0. The van der Waals surface area contributed by atoms with E-state index in [-0.39, 0.29) is 5.82 Å². The summed E-state index contributed by atoms with van der Waals surface area (Å²) in [5.74, 6) is -0.257. The summed E-state index contributed by atoms with van der Waals surface area (Å²) >= 11 is 11.8. The Morgan fingerprint density at radius 3 is 2.26 bits per heavy atom. The smallest absolute Gasteiger partial charge is 0.146 e. The van der Waals surface area contributed by atoms with Gasteiger partial charge in [0.15, 0.2) is 0 Å². The number of para-hydroxylation sites is 1. The number of halogens is 3. The quantitative estimate of drug-likeness (QED) is 0.785. The molecule has 0 saturated heterocycles. The zero-order chi connectivity index (χ0) is 13.7. The molecule has 0 spiro atoms. The normalized spacial score (nSPS) is 10.3. The Kier molecular flexibility index (Phi) is 4.88. The van der Waals surface area contributed by atoms with Crippen LogP contribution < -0.4 is 10.6 Å². The number of anilines is 2. The summed E-state index contributed by atoms with van der Waals surface area (Å²) in [6.07, 6.45) is 0. The minimum atomic E-state index is -0.257. The molecule has 0 heterocycles. The van der Waals surface area contributed by atoms with Gasteiger partial charge in [0, 0.05) is 18.1 Å². The molecule has 0 fully saturated rings. The van der Waals surface area contributed by atoms with Crippen molar-refractivity contribution in [2.24, 2.45) is 0 Å². The Bertz CT molecular complexity index is 561. The SMILES string of the molecule is Fc1ccccc1NCCNc1ccc(Cl)cc1Cl.